The Labute approximate surface area is 112 Å². The van der Waals surface area contributed by atoms with Gasteiger partial charge in [-0.3, -0.25) is 4.79 Å². The van der Waals surface area contributed by atoms with Crippen LogP contribution in [-0.2, 0) is 11.4 Å². The predicted molar refractivity (Wildman–Crippen MR) is 70.8 cm³/mol. The van der Waals surface area contributed by atoms with Gasteiger partial charge in [0.1, 0.15) is 5.75 Å². The fourth-order valence-electron chi connectivity index (χ4n) is 1.41. The number of carbonyl (C=O) groups excluding carboxylic acids is 1. The third-order valence-electron chi connectivity index (χ3n) is 2.07. The number of amides is 1. The van der Waals surface area contributed by atoms with Crippen LogP contribution in [0.25, 0.3) is 0 Å². The van der Waals surface area contributed by atoms with Crippen LogP contribution in [0.5, 0.6) is 5.75 Å². The summed E-state index contributed by atoms with van der Waals surface area (Å²) in [6.45, 7) is 5.41. The number of ether oxygens (including phenoxy) is 1. The van der Waals surface area contributed by atoms with Gasteiger partial charge in [-0.1, -0.05) is 11.6 Å². The minimum absolute atomic E-state index is 0.0914. The number of benzene rings is 1. The number of carbonyl (C=O) groups is 1. The van der Waals surface area contributed by atoms with Gasteiger partial charge >= 0.3 is 0 Å². The summed E-state index contributed by atoms with van der Waals surface area (Å²) < 4.78 is 5.36. The second kappa shape index (κ2) is 6.07. The summed E-state index contributed by atoms with van der Waals surface area (Å²) in [5.74, 6) is 0.257. The van der Waals surface area contributed by atoms with Crippen molar-refractivity contribution in [3.63, 3.8) is 0 Å². The van der Waals surface area contributed by atoms with Crippen molar-refractivity contribution in [2.24, 2.45) is 0 Å². The molecule has 0 saturated carbocycles. The van der Waals surface area contributed by atoms with Crippen LogP contribution in [0.15, 0.2) is 18.2 Å². The van der Waals surface area contributed by atoms with E-state index in [1.807, 2.05) is 20.8 Å². The highest BCUT2D eigenvalue weighted by Gasteiger charge is 2.14. The second-order valence-corrected chi connectivity index (χ2v) is 5.43. The molecule has 0 aliphatic heterocycles. The molecule has 0 aromatic heterocycles. The van der Waals surface area contributed by atoms with Gasteiger partial charge in [-0.25, -0.2) is 0 Å². The topological polar surface area (TPSA) is 58.6 Å². The molecule has 4 nitrogen and oxygen atoms in total. The van der Waals surface area contributed by atoms with Crippen molar-refractivity contribution in [3.05, 3.63) is 28.8 Å². The van der Waals surface area contributed by atoms with E-state index in [9.17, 15) is 4.79 Å². The lowest BCUT2D eigenvalue weighted by Crippen LogP contribution is -2.43. The lowest BCUT2D eigenvalue weighted by molar-refractivity contribution is -0.124. The van der Waals surface area contributed by atoms with Crippen molar-refractivity contribution < 1.29 is 14.6 Å². The van der Waals surface area contributed by atoms with Gasteiger partial charge in [0.05, 0.1) is 6.61 Å². The molecule has 0 radical (unpaired) electrons. The monoisotopic (exact) mass is 271 g/mol. The molecular weight excluding hydrogens is 254 g/mol. The Morgan fingerprint density at radius 1 is 1.44 bits per heavy atom. The summed E-state index contributed by atoms with van der Waals surface area (Å²) in [6.07, 6.45) is 0. The standard InChI is InChI=1S/C13H18ClNO3/c1-13(2,3)15-12(17)8-18-11-5-4-10(14)6-9(11)7-16/h4-6,16H,7-8H2,1-3H3,(H,15,17). The largest absolute Gasteiger partial charge is 0.483 e. The highest BCUT2D eigenvalue weighted by molar-refractivity contribution is 6.30. The number of halogens is 1. The van der Waals surface area contributed by atoms with Crippen LogP contribution in [0.3, 0.4) is 0 Å². The van der Waals surface area contributed by atoms with Gasteiger partial charge in [0.2, 0.25) is 0 Å². The average molecular weight is 272 g/mol. The molecule has 1 rings (SSSR count). The van der Waals surface area contributed by atoms with Gasteiger partial charge in [0.15, 0.2) is 6.61 Å². The molecule has 0 aliphatic carbocycles. The van der Waals surface area contributed by atoms with Crippen molar-refractivity contribution in [2.75, 3.05) is 6.61 Å². The Morgan fingerprint density at radius 3 is 2.67 bits per heavy atom. The van der Waals surface area contributed by atoms with E-state index < -0.39 is 0 Å². The van der Waals surface area contributed by atoms with Gasteiger partial charge in [0, 0.05) is 16.1 Å². The second-order valence-electron chi connectivity index (χ2n) is 5.00. The molecular formula is C13H18ClNO3. The van der Waals surface area contributed by atoms with Gasteiger partial charge < -0.3 is 15.2 Å². The molecule has 0 fully saturated rings. The van der Waals surface area contributed by atoms with Crippen molar-refractivity contribution in [1.82, 2.24) is 5.32 Å². The van der Waals surface area contributed by atoms with E-state index in [2.05, 4.69) is 5.32 Å². The number of rotatable bonds is 4. The summed E-state index contributed by atoms with van der Waals surface area (Å²) in [5, 5.41) is 12.5. The summed E-state index contributed by atoms with van der Waals surface area (Å²) in [5.41, 5.74) is 0.270. The minimum atomic E-state index is -0.291. The van der Waals surface area contributed by atoms with E-state index in [-0.39, 0.29) is 24.7 Å². The normalized spacial score (nSPS) is 11.2. The maximum Gasteiger partial charge on any atom is 0.258 e. The van der Waals surface area contributed by atoms with Crippen LogP contribution < -0.4 is 10.1 Å². The third-order valence-corrected chi connectivity index (χ3v) is 2.30. The minimum Gasteiger partial charge on any atom is -0.483 e. The Kier molecular flexibility index (Phi) is 4.99. The molecule has 0 unspecified atom stereocenters. The van der Waals surface area contributed by atoms with Crippen LogP contribution in [0.1, 0.15) is 26.3 Å². The first-order chi connectivity index (χ1) is 8.31. The smallest absolute Gasteiger partial charge is 0.258 e. The summed E-state index contributed by atoms with van der Waals surface area (Å²) in [6, 6.07) is 4.90. The first-order valence-corrected chi connectivity index (χ1v) is 6.03. The van der Waals surface area contributed by atoms with Gasteiger partial charge in [-0.05, 0) is 39.0 Å². The zero-order valence-corrected chi connectivity index (χ0v) is 11.5. The van der Waals surface area contributed by atoms with Gasteiger partial charge in [0.25, 0.3) is 5.91 Å². The Balaban J connectivity index is 2.61. The van der Waals surface area contributed by atoms with Crippen LogP contribution in [0.4, 0.5) is 0 Å². The first-order valence-electron chi connectivity index (χ1n) is 5.65. The molecule has 18 heavy (non-hydrogen) atoms. The summed E-state index contributed by atoms with van der Waals surface area (Å²) >= 11 is 5.80. The van der Waals surface area contributed by atoms with E-state index in [0.29, 0.717) is 16.3 Å². The van der Waals surface area contributed by atoms with Crippen LogP contribution in [0.2, 0.25) is 5.02 Å². The fourth-order valence-corrected chi connectivity index (χ4v) is 1.60. The molecule has 1 amide bonds. The van der Waals surface area contributed by atoms with E-state index in [1.165, 1.54) is 0 Å². The van der Waals surface area contributed by atoms with Gasteiger partial charge in [-0.2, -0.15) is 0 Å². The SMILES string of the molecule is CC(C)(C)NC(=O)COc1ccc(Cl)cc1CO. The van der Waals surface area contributed by atoms with Crippen LogP contribution >= 0.6 is 11.6 Å². The third kappa shape index (κ3) is 4.94. The van der Waals surface area contributed by atoms with E-state index in [4.69, 9.17) is 21.4 Å². The molecule has 1 aromatic rings. The number of aliphatic hydroxyl groups excluding tert-OH is 1. The Morgan fingerprint density at radius 2 is 2.11 bits per heavy atom. The van der Waals surface area contributed by atoms with E-state index in [0.717, 1.165) is 0 Å². The Bertz CT molecular complexity index is 427. The molecule has 0 atom stereocenters. The highest BCUT2D eigenvalue weighted by atomic mass is 35.5. The maximum absolute atomic E-state index is 11.6. The molecule has 0 bridgehead atoms. The molecule has 5 heteroatoms. The lowest BCUT2D eigenvalue weighted by Gasteiger charge is -2.20. The maximum atomic E-state index is 11.6. The molecule has 0 aliphatic rings. The Hall–Kier alpha value is -1.26. The summed E-state index contributed by atoms with van der Waals surface area (Å²) in [4.78, 5) is 11.6. The van der Waals surface area contributed by atoms with Crippen LogP contribution in [0, 0.1) is 0 Å². The molecule has 0 spiro atoms. The predicted octanol–water partition coefficient (Wildman–Crippen LogP) is 2.13. The number of nitrogens with one attached hydrogen (secondary N) is 1. The molecule has 2 N–H and O–H groups in total. The zero-order chi connectivity index (χ0) is 13.8. The van der Waals surface area contributed by atoms with E-state index >= 15 is 0 Å². The number of hydrogen-bond donors (Lipinski definition) is 2. The van der Waals surface area contributed by atoms with Crippen molar-refractivity contribution >= 4 is 17.5 Å². The average Bonchev–Trinajstić information content (AvgIpc) is 2.24. The van der Waals surface area contributed by atoms with E-state index in [1.54, 1.807) is 18.2 Å². The molecule has 0 saturated heterocycles. The molecule has 1 aromatic carbocycles. The van der Waals surface area contributed by atoms with Crippen molar-refractivity contribution in [3.8, 4) is 5.75 Å². The lowest BCUT2D eigenvalue weighted by atomic mass is 10.1. The van der Waals surface area contributed by atoms with Crippen molar-refractivity contribution in [1.29, 1.82) is 0 Å². The number of hydrogen-bond acceptors (Lipinski definition) is 3. The molecule has 100 valence electrons. The van der Waals surface area contributed by atoms with Crippen LogP contribution in [-0.4, -0.2) is 23.2 Å². The summed E-state index contributed by atoms with van der Waals surface area (Å²) in [7, 11) is 0. The fraction of sp³-hybridized carbons (Fsp3) is 0.462. The molecule has 0 heterocycles. The highest BCUT2D eigenvalue weighted by Crippen LogP contribution is 2.22. The van der Waals surface area contributed by atoms with Crippen molar-refractivity contribution in [2.45, 2.75) is 32.9 Å². The van der Waals surface area contributed by atoms with Gasteiger partial charge in [-0.15, -0.1) is 0 Å². The first kappa shape index (κ1) is 14.8. The zero-order valence-electron chi connectivity index (χ0n) is 10.8. The quantitative estimate of drug-likeness (QED) is 0.882. The number of aliphatic hydroxyl groups is 1.